The maximum absolute atomic E-state index is 12.7. The van der Waals surface area contributed by atoms with Crippen molar-refractivity contribution in [2.45, 2.75) is 71.3 Å². The summed E-state index contributed by atoms with van der Waals surface area (Å²) >= 11 is 0. The Morgan fingerprint density at radius 1 is 1.05 bits per heavy atom. The van der Waals surface area contributed by atoms with E-state index in [1.54, 1.807) is 0 Å². The van der Waals surface area contributed by atoms with E-state index in [0.29, 0.717) is 11.3 Å². The molecule has 1 aliphatic carbocycles. The monoisotopic (exact) mass is 266 g/mol. The lowest BCUT2D eigenvalue weighted by Gasteiger charge is -2.29. The number of carbonyl (C=O) groups is 1. The van der Waals surface area contributed by atoms with Crippen LogP contribution in [0.3, 0.4) is 0 Å². The second-order valence-electron chi connectivity index (χ2n) is 7.25. The van der Waals surface area contributed by atoms with E-state index in [1.807, 2.05) is 0 Å². The quantitative estimate of drug-likeness (QED) is 0.742. The zero-order chi connectivity index (χ0) is 13.9. The normalized spacial score (nSPS) is 32.5. The molecule has 2 fully saturated rings. The van der Waals surface area contributed by atoms with Gasteiger partial charge in [0.25, 0.3) is 0 Å². The van der Waals surface area contributed by atoms with Crippen molar-refractivity contribution in [3.05, 3.63) is 0 Å². The van der Waals surface area contributed by atoms with E-state index in [9.17, 15) is 4.79 Å². The molecule has 0 aromatic heterocycles. The zero-order valence-electron chi connectivity index (χ0n) is 12.7. The first-order valence-corrected chi connectivity index (χ1v) is 8.04. The van der Waals surface area contributed by atoms with Crippen LogP contribution in [0.1, 0.15) is 65.2 Å². The summed E-state index contributed by atoms with van der Waals surface area (Å²) in [7, 11) is 0. The lowest BCUT2D eigenvalue weighted by molar-refractivity contribution is -0.136. The molecule has 1 saturated carbocycles. The van der Waals surface area contributed by atoms with Crippen molar-refractivity contribution in [2.75, 3.05) is 13.1 Å². The van der Waals surface area contributed by atoms with Gasteiger partial charge >= 0.3 is 0 Å². The maximum Gasteiger partial charge on any atom is 0.227 e. The third kappa shape index (κ3) is 3.95. The molecule has 0 bridgehead atoms. The van der Waals surface area contributed by atoms with Gasteiger partial charge < -0.3 is 10.6 Å². The molecule has 19 heavy (non-hydrogen) atoms. The first-order chi connectivity index (χ1) is 8.99. The lowest BCUT2D eigenvalue weighted by atomic mass is 9.85. The van der Waals surface area contributed by atoms with E-state index in [2.05, 4.69) is 18.7 Å². The summed E-state index contributed by atoms with van der Waals surface area (Å²) in [6.07, 6.45) is 9.12. The van der Waals surface area contributed by atoms with Gasteiger partial charge in [0.2, 0.25) is 5.91 Å². The van der Waals surface area contributed by atoms with E-state index in [4.69, 9.17) is 5.73 Å². The average molecular weight is 266 g/mol. The molecule has 2 N–H and O–H groups in total. The van der Waals surface area contributed by atoms with Crippen LogP contribution >= 0.6 is 0 Å². The first kappa shape index (κ1) is 14.8. The Morgan fingerprint density at radius 3 is 2.58 bits per heavy atom. The molecule has 1 saturated heterocycles. The molecule has 2 rings (SSSR count). The van der Waals surface area contributed by atoms with Gasteiger partial charge in [-0.15, -0.1) is 0 Å². The molecule has 0 aromatic carbocycles. The predicted octanol–water partition coefficient (Wildman–Crippen LogP) is 2.93. The van der Waals surface area contributed by atoms with Crippen LogP contribution in [0.5, 0.6) is 0 Å². The van der Waals surface area contributed by atoms with Gasteiger partial charge in [-0.1, -0.05) is 33.1 Å². The number of hydrogen-bond donors (Lipinski definition) is 1. The van der Waals surface area contributed by atoms with Crippen LogP contribution in [0.4, 0.5) is 0 Å². The highest BCUT2D eigenvalue weighted by Gasteiger charge is 2.32. The first-order valence-electron chi connectivity index (χ1n) is 8.04. The van der Waals surface area contributed by atoms with Crippen LogP contribution in [-0.2, 0) is 4.79 Å². The highest BCUT2D eigenvalue weighted by atomic mass is 16.2. The van der Waals surface area contributed by atoms with E-state index in [-0.39, 0.29) is 12.0 Å². The zero-order valence-corrected chi connectivity index (χ0v) is 12.7. The lowest BCUT2D eigenvalue weighted by Crippen LogP contribution is -2.44. The summed E-state index contributed by atoms with van der Waals surface area (Å²) in [5, 5.41) is 0. The summed E-state index contributed by atoms with van der Waals surface area (Å²) in [5.41, 5.74) is 6.62. The van der Waals surface area contributed by atoms with Crippen molar-refractivity contribution >= 4 is 5.91 Å². The minimum atomic E-state index is 0.0868. The van der Waals surface area contributed by atoms with E-state index < -0.39 is 0 Å². The third-order valence-electron chi connectivity index (χ3n) is 5.04. The van der Waals surface area contributed by atoms with Gasteiger partial charge in [0.05, 0.1) is 5.92 Å². The van der Waals surface area contributed by atoms with Crippen molar-refractivity contribution in [3.63, 3.8) is 0 Å². The van der Waals surface area contributed by atoms with Crippen LogP contribution in [-0.4, -0.2) is 29.9 Å². The minimum absolute atomic E-state index is 0.0868. The molecule has 0 aromatic rings. The van der Waals surface area contributed by atoms with Crippen LogP contribution in [0, 0.1) is 11.3 Å². The fraction of sp³-hybridized carbons (Fsp3) is 0.938. The molecule has 2 aliphatic rings. The number of nitrogens with zero attached hydrogens (tertiary/aromatic N) is 1. The Balaban J connectivity index is 1.98. The summed E-state index contributed by atoms with van der Waals surface area (Å²) in [6, 6.07) is 0.0891. The molecule has 1 heterocycles. The molecule has 1 amide bonds. The van der Waals surface area contributed by atoms with Crippen LogP contribution in [0.15, 0.2) is 0 Å². The van der Waals surface area contributed by atoms with Crippen LogP contribution in [0.25, 0.3) is 0 Å². The Morgan fingerprint density at radius 2 is 1.79 bits per heavy atom. The summed E-state index contributed by atoms with van der Waals surface area (Å²) < 4.78 is 0. The average Bonchev–Trinajstić information content (AvgIpc) is 2.66. The van der Waals surface area contributed by atoms with Crippen molar-refractivity contribution in [1.82, 2.24) is 4.90 Å². The molecule has 110 valence electrons. The topological polar surface area (TPSA) is 46.3 Å². The fourth-order valence-corrected chi connectivity index (χ4v) is 3.52. The van der Waals surface area contributed by atoms with Crippen LogP contribution < -0.4 is 5.73 Å². The number of hydrogen-bond acceptors (Lipinski definition) is 2. The largest absolute Gasteiger partial charge is 0.342 e. The van der Waals surface area contributed by atoms with Gasteiger partial charge in [0, 0.05) is 19.1 Å². The van der Waals surface area contributed by atoms with Gasteiger partial charge in [-0.05, 0) is 37.5 Å². The maximum atomic E-state index is 12.7. The Kier molecular flexibility index (Phi) is 4.88. The van der Waals surface area contributed by atoms with Crippen molar-refractivity contribution in [1.29, 1.82) is 0 Å². The van der Waals surface area contributed by atoms with Gasteiger partial charge in [-0.25, -0.2) is 0 Å². The predicted molar refractivity (Wildman–Crippen MR) is 78.8 cm³/mol. The van der Waals surface area contributed by atoms with E-state index in [0.717, 1.165) is 38.8 Å². The molecule has 3 nitrogen and oxygen atoms in total. The summed E-state index contributed by atoms with van der Waals surface area (Å²) in [5.74, 6) is 0.427. The fourth-order valence-electron chi connectivity index (χ4n) is 3.52. The van der Waals surface area contributed by atoms with Crippen molar-refractivity contribution in [3.8, 4) is 0 Å². The van der Waals surface area contributed by atoms with E-state index in [1.165, 1.54) is 25.7 Å². The molecule has 3 heteroatoms. The standard InChI is InChI=1S/C16H30N2O/c1-16(2)9-6-11-18(12-10-16)15(19)13-7-4-3-5-8-14(13)17/h13-14H,3-12,17H2,1-2H3. The highest BCUT2D eigenvalue weighted by Crippen LogP contribution is 2.31. The van der Waals surface area contributed by atoms with E-state index >= 15 is 0 Å². The second kappa shape index (κ2) is 6.25. The molecular weight excluding hydrogens is 236 g/mol. The number of rotatable bonds is 1. The van der Waals surface area contributed by atoms with Crippen molar-refractivity contribution < 1.29 is 4.79 Å². The van der Waals surface area contributed by atoms with Gasteiger partial charge in [0.15, 0.2) is 0 Å². The van der Waals surface area contributed by atoms with Gasteiger partial charge in [0.1, 0.15) is 0 Å². The molecule has 2 atom stereocenters. The summed E-state index contributed by atoms with van der Waals surface area (Å²) in [6.45, 7) is 6.50. The number of nitrogens with two attached hydrogens (primary N) is 1. The number of likely N-dealkylation sites (tertiary alicyclic amines) is 1. The Labute approximate surface area is 117 Å². The SMILES string of the molecule is CC1(C)CCCN(C(=O)C2CCCCCC2N)CC1. The molecular formula is C16H30N2O. The Hall–Kier alpha value is -0.570. The summed E-state index contributed by atoms with van der Waals surface area (Å²) in [4.78, 5) is 14.8. The van der Waals surface area contributed by atoms with Crippen molar-refractivity contribution in [2.24, 2.45) is 17.1 Å². The van der Waals surface area contributed by atoms with Gasteiger partial charge in [-0.2, -0.15) is 0 Å². The minimum Gasteiger partial charge on any atom is -0.342 e. The Bertz CT molecular complexity index is 314. The van der Waals surface area contributed by atoms with Gasteiger partial charge in [-0.3, -0.25) is 4.79 Å². The number of carbonyl (C=O) groups excluding carboxylic acids is 1. The third-order valence-corrected chi connectivity index (χ3v) is 5.04. The second-order valence-corrected chi connectivity index (χ2v) is 7.25. The highest BCUT2D eigenvalue weighted by molar-refractivity contribution is 5.79. The molecule has 0 spiro atoms. The smallest absolute Gasteiger partial charge is 0.227 e. The molecule has 0 radical (unpaired) electrons. The molecule has 1 aliphatic heterocycles. The number of amides is 1. The molecule has 2 unspecified atom stereocenters. The van der Waals surface area contributed by atoms with Crippen LogP contribution in [0.2, 0.25) is 0 Å².